The van der Waals surface area contributed by atoms with Crippen molar-refractivity contribution in [2.24, 2.45) is 0 Å². The van der Waals surface area contributed by atoms with Crippen molar-refractivity contribution >= 4 is 41.1 Å². The first-order valence-corrected chi connectivity index (χ1v) is 13.7. The summed E-state index contributed by atoms with van der Waals surface area (Å²) < 4.78 is 11.5. The van der Waals surface area contributed by atoms with Crippen molar-refractivity contribution in [3.05, 3.63) is 52.2 Å². The van der Waals surface area contributed by atoms with E-state index in [1.807, 2.05) is 18.3 Å². The van der Waals surface area contributed by atoms with Gasteiger partial charge in [-0.1, -0.05) is 36.9 Å². The molecule has 1 aromatic heterocycles. The number of nitrogens with one attached hydrogen (secondary N) is 2. The van der Waals surface area contributed by atoms with Crippen LogP contribution in [0.5, 0.6) is 0 Å². The van der Waals surface area contributed by atoms with E-state index >= 15 is 0 Å². The molecule has 1 saturated heterocycles. The Morgan fingerprint density at radius 2 is 1.83 bits per heavy atom. The lowest BCUT2D eigenvalue weighted by atomic mass is 9.95. The largest absolute Gasteiger partial charge is 0.416 e. The van der Waals surface area contributed by atoms with Crippen LogP contribution in [-0.2, 0) is 37.0 Å². The predicted molar refractivity (Wildman–Crippen MR) is 135 cm³/mol. The molecule has 3 aliphatic rings. The first kappa shape index (κ1) is 24.4. The molecule has 2 aliphatic heterocycles. The number of carbonyl (C=O) groups excluding carboxylic acids is 2. The lowest BCUT2D eigenvalue weighted by Gasteiger charge is -2.32. The van der Waals surface area contributed by atoms with Gasteiger partial charge in [0.25, 0.3) is 5.79 Å². The van der Waals surface area contributed by atoms with Crippen molar-refractivity contribution in [3.8, 4) is 0 Å². The summed E-state index contributed by atoms with van der Waals surface area (Å²) in [5, 5.41) is 7.44. The molecule has 1 saturated carbocycles. The van der Waals surface area contributed by atoms with Crippen molar-refractivity contribution in [1.82, 2.24) is 10.3 Å². The molecule has 3 heterocycles. The molecule has 2 fully saturated rings. The molecular weight excluding hydrogens is 486 g/mol. The Balaban J connectivity index is 1.35. The first-order chi connectivity index (χ1) is 17.0. The van der Waals surface area contributed by atoms with Crippen LogP contribution < -0.4 is 10.6 Å². The molecule has 2 N–H and O–H groups in total. The number of halogens is 1. The van der Waals surface area contributed by atoms with Gasteiger partial charge >= 0.3 is 11.9 Å². The topological polar surface area (TPSA) is 89.6 Å². The minimum absolute atomic E-state index is 0.0176. The van der Waals surface area contributed by atoms with Crippen LogP contribution in [-0.4, -0.2) is 36.1 Å². The Morgan fingerprint density at radius 3 is 2.54 bits per heavy atom. The Bertz CT molecular complexity index is 1070. The second-order valence-electron chi connectivity index (χ2n) is 9.35. The summed E-state index contributed by atoms with van der Waals surface area (Å²) in [5.41, 5.74) is 2.72. The van der Waals surface area contributed by atoms with Gasteiger partial charge in [-0.3, -0.25) is 9.59 Å². The number of carbonyl (C=O) groups is 2. The van der Waals surface area contributed by atoms with Crippen LogP contribution in [0.3, 0.4) is 0 Å². The van der Waals surface area contributed by atoms with E-state index in [4.69, 9.17) is 21.1 Å². The molecule has 5 rings (SSSR count). The number of esters is 2. The van der Waals surface area contributed by atoms with E-state index in [9.17, 15) is 9.59 Å². The summed E-state index contributed by atoms with van der Waals surface area (Å²) in [6.45, 7) is 0.865. The van der Waals surface area contributed by atoms with Gasteiger partial charge < -0.3 is 20.1 Å². The van der Waals surface area contributed by atoms with E-state index in [2.05, 4.69) is 21.7 Å². The van der Waals surface area contributed by atoms with Gasteiger partial charge in [-0.15, -0.1) is 11.8 Å². The highest BCUT2D eigenvalue weighted by Gasteiger charge is 2.46. The highest BCUT2D eigenvalue weighted by molar-refractivity contribution is 7.98. The molecule has 0 unspecified atom stereocenters. The molecule has 1 aromatic carbocycles. The van der Waals surface area contributed by atoms with Gasteiger partial charge in [-0.05, 0) is 55.1 Å². The zero-order valence-corrected chi connectivity index (χ0v) is 21.2. The molecule has 186 valence electrons. The minimum atomic E-state index is -1.47. The second kappa shape index (κ2) is 10.8. The van der Waals surface area contributed by atoms with Crippen molar-refractivity contribution < 1.29 is 19.1 Å². The van der Waals surface area contributed by atoms with Crippen molar-refractivity contribution in [2.45, 2.75) is 73.8 Å². The lowest BCUT2D eigenvalue weighted by Crippen LogP contribution is -2.43. The zero-order chi connectivity index (χ0) is 24.3. The third-order valence-electron chi connectivity index (χ3n) is 6.79. The molecule has 0 amide bonds. The fraction of sp³-hybridized carbons (Fsp3) is 0.500. The highest BCUT2D eigenvalue weighted by Crippen LogP contribution is 2.42. The third kappa shape index (κ3) is 5.60. The van der Waals surface area contributed by atoms with Crippen LogP contribution >= 0.6 is 23.4 Å². The summed E-state index contributed by atoms with van der Waals surface area (Å²) in [7, 11) is 0. The highest BCUT2D eigenvalue weighted by atomic mass is 35.5. The molecule has 0 bridgehead atoms. The third-order valence-corrected chi connectivity index (χ3v) is 8.45. The molecule has 2 aromatic rings. The monoisotopic (exact) mass is 515 g/mol. The van der Waals surface area contributed by atoms with E-state index in [1.165, 1.54) is 32.1 Å². The fourth-order valence-electron chi connectivity index (χ4n) is 5.01. The first-order valence-electron chi connectivity index (χ1n) is 12.3. The number of hydrogen-bond donors (Lipinski definition) is 2. The van der Waals surface area contributed by atoms with E-state index in [-0.39, 0.29) is 19.4 Å². The average Bonchev–Trinajstić information content (AvgIpc) is 3.12. The van der Waals surface area contributed by atoms with Gasteiger partial charge in [-0.2, -0.15) is 0 Å². The van der Waals surface area contributed by atoms with Gasteiger partial charge in [0, 0.05) is 28.5 Å². The van der Waals surface area contributed by atoms with E-state index in [0.29, 0.717) is 35.3 Å². The normalized spacial score (nSPS) is 20.4. The maximum Gasteiger partial charge on any atom is 0.309 e. The smallest absolute Gasteiger partial charge is 0.309 e. The number of hydrogen-bond acceptors (Lipinski definition) is 8. The Kier molecular flexibility index (Phi) is 7.51. The van der Waals surface area contributed by atoms with Crippen LogP contribution in [0, 0.1) is 0 Å². The number of ether oxygens (including phenoxy) is 2. The molecule has 0 atom stereocenters. The lowest BCUT2D eigenvalue weighted by molar-refractivity contribution is -0.225. The van der Waals surface area contributed by atoms with Gasteiger partial charge in [0.2, 0.25) is 0 Å². The Labute approximate surface area is 214 Å². The van der Waals surface area contributed by atoms with Crippen LogP contribution in [0.15, 0.2) is 35.4 Å². The van der Waals surface area contributed by atoms with Crippen molar-refractivity contribution in [2.75, 3.05) is 18.4 Å². The molecule has 7 nitrogen and oxygen atoms in total. The van der Waals surface area contributed by atoms with Crippen molar-refractivity contribution in [3.63, 3.8) is 0 Å². The zero-order valence-electron chi connectivity index (χ0n) is 19.6. The predicted octanol–water partition coefficient (Wildman–Crippen LogP) is 4.95. The molecular formula is C26H30ClN3O4S. The summed E-state index contributed by atoms with van der Waals surface area (Å²) in [5.74, 6) is -0.746. The van der Waals surface area contributed by atoms with E-state index < -0.39 is 17.7 Å². The minimum Gasteiger partial charge on any atom is -0.416 e. The van der Waals surface area contributed by atoms with E-state index in [1.54, 1.807) is 17.8 Å². The van der Waals surface area contributed by atoms with Crippen LogP contribution in [0.4, 0.5) is 5.82 Å². The van der Waals surface area contributed by atoms with Crippen LogP contribution in [0.25, 0.3) is 0 Å². The number of benzene rings is 1. The quantitative estimate of drug-likeness (QED) is 0.427. The van der Waals surface area contributed by atoms with Gasteiger partial charge in [-0.25, -0.2) is 4.98 Å². The van der Waals surface area contributed by atoms with Gasteiger partial charge in [0.05, 0.1) is 24.4 Å². The maximum atomic E-state index is 12.3. The molecule has 9 heteroatoms. The number of nitrogens with zero attached hydrogens (tertiary/aromatic N) is 1. The van der Waals surface area contributed by atoms with Crippen LogP contribution in [0.1, 0.15) is 61.6 Å². The summed E-state index contributed by atoms with van der Waals surface area (Å²) in [6, 6.07) is 8.26. The maximum absolute atomic E-state index is 12.3. The molecule has 35 heavy (non-hydrogen) atoms. The number of pyridine rings is 1. The number of aromatic nitrogens is 1. The molecule has 0 radical (unpaired) electrons. The number of rotatable bonds is 5. The molecule has 1 spiro atoms. The summed E-state index contributed by atoms with van der Waals surface area (Å²) in [6.07, 6.45) is 8.93. The number of fused-ring (bicyclic) bond motifs is 2. The van der Waals surface area contributed by atoms with E-state index in [0.717, 1.165) is 21.8 Å². The summed E-state index contributed by atoms with van der Waals surface area (Å²) >= 11 is 8.27. The van der Waals surface area contributed by atoms with Gasteiger partial charge in [0.1, 0.15) is 5.82 Å². The fourth-order valence-corrected chi connectivity index (χ4v) is 6.42. The SMILES string of the molecule is O=C1CCC(=O)OC2(CNCCc3c2ccc(Cl)c3SCc2ccc(NC3CCCCC3)nc2)O1. The number of thioether (sulfide) groups is 1. The Morgan fingerprint density at radius 1 is 1.06 bits per heavy atom. The van der Waals surface area contributed by atoms with Crippen molar-refractivity contribution in [1.29, 1.82) is 0 Å². The average molecular weight is 516 g/mol. The van der Waals surface area contributed by atoms with Gasteiger partial charge in [0.15, 0.2) is 0 Å². The Hall–Kier alpha value is -2.29. The molecule has 1 aliphatic carbocycles. The van der Waals surface area contributed by atoms with Crippen LogP contribution in [0.2, 0.25) is 5.02 Å². The summed E-state index contributed by atoms with van der Waals surface area (Å²) in [4.78, 5) is 30.2. The second-order valence-corrected chi connectivity index (χ2v) is 10.7. The number of anilines is 1. The standard InChI is InChI=1S/C26H30ClN3O4S/c27-21-8-7-20-19(12-13-28-16-26(20)33-23(31)10-11-24(32)34-26)25(21)35-15-17-6-9-22(29-14-17)30-18-4-2-1-3-5-18/h6-9,14,18,28H,1-5,10-13,15-16H2,(H,29,30).